The fourth-order valence-corrected chi connectivity index (χ4v) is 1.83. The monoisotopic (exact) mass is 281 g/mol. The van der Waals surface area contributed by atoms with Crippen molar-refractivity contribution in [3.63, 3.8) is 0 Å². The number of hydrogen-bond acceptors (Lipinski definition) is 3. The average Bonchev–Trinajstić information content (AvgIpc) is 2.46. The first-order valence-corrected chi connectivity index (χ1v) is 6.72. The molecule has 0 radical (unpaired) electrons. The lowest BCUT2D eigenvalue weighted by molar-refractivity contribution is -0.143. The van der Waals surface area contributed by atoms with Crippen LogP contribution in [0, 0.1) is 5.82 Å². The van der Waals surface area contributed by atoms with Gasteiger partial charge >= 0.3 is 5.97 Å². The van der Waals surface area contributed by atoms with Gasteiger partial charge in [-0.15, -0.1) is 0 Å². The largest absolute Gasteiger partial charge is 0.467 e. The number of hydrogen-bond donors (Lipinski definition) is 1. The summed E-state index contributed by atoms with van der Waals surface area (Å²) in [5.41, 5.74) is 0.316. The lowest BCUT2D eigenvalue weighted by Crippen LogP contribution is -2.41. The molecule has 0 fully saturated rings. The number of nitrogens with one attached hydrogen (secondary N) is 1. The second-order valence-corrected chi connectivity index (χ2v) is 4.55. The molecule has 1 atom stereocenters. The minimum Gasteiger partial charge on any atom is -0.467 e. The highest BCUT2D eigenvalue weighted by molar-refractivity contribution is 5.96. The summed E-state index contributed by atoms with van der Waals surface area (Å²) in [6.07, 6.45) is 3.38. The lowest BCUT2D eigenvalue weighted by Gasteiger charge is -2.16. The molecule has 0 aliphatic heterocycles. The van der Waals surface area contributed by atoms with E-state index in [2.05, 4.69) is 17.0 Å². The van der Waals surface area contributed by atoms with E-state index in [0.29, 0.717) is 12.0 Å². The number of carbonyl (C=O) groups is 2. The molecule has 0 aliphatic carbocycles. The van der Waals surface area contributed by atoms with Gasteiger partial charge in [0.2, 0.25) is 0 Å². The highest BCUT2D eigenvalue weighted by Crippen LogP contribution is 2.08. The van der Waals surface area contributed by atoms with Gasteiger partial charge in [0.15, 0.2) is 0 Å². The summed E-state index contributed by atoms with van der Waals surface area (Å²) in [6, 6.07) is 4.51. The summed E-state index contributed by atoms with van der Waals surface area (Å²) in [5.74, 6) is -1.28. The molecule has 0 saturated carbocycles. The van der Waals surface area contributed by atoms with E-state index in [0.717, 1.165) is 19.3 Å². The summed E-state index contributed by atoms with van der Waals surface area (Å²) in [6.45, 7) is 2.06. The van der Waals surface area contributed by atoms with Crippen LogP contribution in [0.4, 0.5) is 4.39 Å². The SMILES string of the molecule is CCCCC[C@H](NC(=O)c1ccc(F)cc1)C(=O)OC. The first kappa shape index (κ1) is 16.1. The molecule has 5 heteroatoms. The average molecular weight is 281 g/mol. The van der Waals surface area contributed by atoms with Gasteiger partial charge in [0.05, 0.1) is 7.11 Å². The van der Waals surface area contributed by atoms with Crippen molar-refractivity contribution in [1.29, 1.82) is 0 Å². The van der Waals surface area contributed by atoms with Crippen molar-refractivity contribution >= 4 is 11.9 Å². The molecule has 0 saturated heterocycles. The first-order valence-electron chi connectivity index (χ1n) is 6.72. The topological polar surface area (TPSA) is 55.4 Å². The molecule has 0 unspecified atom stereocenters. The lowest BCUT2D eigenvalue weighted by atomic mass is 10.1. The molecule has 1 aromatic carbocycles. The fraction of sp³-hybridized carbons (Fsp3) is 0.467. The van der Waals surface area contributed by atoms with Crippen LogP contribution >= 0.6 is 0 Å². The van der Waals surface area contributed by atoms with Crippen molar-refractivity contribution in [2.45, 2.75) is 38.6 Å². The zero-order valence-corrected chi connectivity index (χ0v) is 11.8. The number of ether oxygens (including phenoxy) is 1. The smallest absolute Gasteiger partial charge is 0.328 e. The van der Waals surface area contributed by atoms with Gasteiger partial charge in [-0.05, 0) is 30.7 Å². The van der Waals surface area contributed by atoms with Gasteiger partial charge in [-0.25, -0.2) is 9.18 Å². The predicted octanol–water partition coefficient (Wildman–Crippen LogP) is 2.68. The zero-order valence-electron chi connectivity index (χ0n) is 11.8. The third kappa shape index (κ3) is 4.99. The molecule has 1 aromatic rings. The third-order valence-corrected chi connectivity index (χ3v) is 2.99. The van der Waals surface area contributed by atoms with E-state index >= 15 is 0 Å². The number of rotatable bonds is 7. The van der Waals surface area contributed by atoms with E-state index in [-0.39, 0.29) is 0 Å². The van der Waals surface area contributed by atoms with Crippen molar-refractivity contribution < 1.29 is 18.7 Å². The predicted molar refractivity (Wildman–Crippen MR) is 73.8 cm³/mol. The Labute approximate surface area is 118 Å². The number of benzene rings is 1. The number of carbonyl (C=O) groups excluding carboxylic acids is 2. The minimum absolute atomic E-state index is 0.316. The van der Waals surface area contributed by atoms with Crippen molar-refractivity contribution in [2.75, 3.05) is 7.11 Å². The molecule has 110 valence electrons. The first-order chi connectivity index (χ1) is 9.58. The fourth-order valence-electron chi connectivity index (χ4n) is 1.83. The van der Waals surface area contributed by atoms with Gasteiger partial charge in [-0.1, -0.05) is 26.2 Å². The van der Waals surface area contributed by atoms with Crippen LogP contribution in [0.15, 0.2) is 24.3 Å². The molecule has 1 amide bonds. The molecular formula is C15H20FNO3. The van der Waals surface area contributed by atoms with Crippen LogP contribution in [0.5, 0.6) is 0 Å². The summed E-state index contributed by atoms with van der Waals surface area (Å²) in [5, 5.41) is 2.63. The normalized spacial score (nSPS) is 11.8. The maximum atomic E-state index is 12.8. The van der Waals surface area contributed by atoms with Crippen molar-refractivity contribution in [1.82, 2.24) is 5.32 Å². The summed E-state index contributed by atoms with van der Waals surface area (Å²) in [7, 11) is 1.29. The van der Waals surface area contributed by atoms with E-state index in [1.165, 1.54) is 31.4 Å². The molecule has 0 spiro atoms. The molecule has 0 bridgehead atoms. The number of methoxy groups -OCH3 is 1. The van der Waals surface area contributed by atoms with E-state index in [4.69, 9.17) is 0 Å². The molecule has 4 nitrogen and oxygen atoms in total. The molecule has 1 N–H and O–H groups in total. The quantitative estimate of drug-likeness (QED) is 0.617. The van der Waals surface area contributed by atoms with E-state index in [1.807, 2.05) is 0 Å². The van der Waals surface area contributed by atoms with Crippen LogP contribution < -0.4 is 5.32 Å². The van der Waals surface area contributed by atoms with E-state index in [1.54, 1.807) is 0 Å². The Morgan fingerprint density at radius 2 is 1.90 bits per heavy atom. The maximum absolute atomic E-state index is 12.8. The second kappa shape index (κ2) is 8.30. The molecule has 20 heavy (non-hydrogen) atoms. The summed E-state index contributed by atoms with van der Waals surface area (Å²) < 4.78 is 17.5. The van der Waals surface area contributed by atoms with Gasteiger partial charge in [0, 0.05) is 5.56 Å². The highest BCUT2D eigenvalue weighted by Gasteiger charge is 2.21. The van der Waals surface area contributed by atoms with Gasteiger partial charge < -0.3 is 10.1 Å². The van der Waals surface area contributed by atoms with Crippen LogP contribution in [-0.2, 0) is 9.53 Å². The Kier molecular flexibility index (Phi) is 6.70. The minimum atomic E-state index is -0.663. The van der Waals surface area contributed by atoms with E-state index in [9.17, 15) is 14.0 Å². The van der Waals surface area contributed by atoms with Crippen molar-refractivity contribution in [2.24, 2.45) is 0 Å². The standard InChI is InChI=1S/C15H20FNO3/c1-3-4-5-6-13(15(19)20-2)17-14(18)11-7-9-12(16)10-8-11/h7-10,13H,3-6H2,1-2H3,(H,17,18)/t13-/m0/s1. The van der Waals surface area contributed by atoms with E-state index < -0.39 is 23.7 Å². The summed E-state index contributed by atoms with van der Waals surface area (Å²) in [4.78, 5) is 23.6. The number of unbranched alkanes of at least 4 members (excludes halogenated alkanes) is 2. The van der Waals surface area contributed by atoms with Crippen LogP contribution in [-0.4, -0.2) is 25.0 Å². The Morgan fingerprint density at radius 1 is 1.25 bits per heavy atom. The molecule has 0 heterocycles. The van der Waals surface area contributed by atoms with Crippen molar-refractivity contribution in [3.05, 3.63) is 35.6 Å². The number of amides is 1. The van der Waals surface area contributed by atoms with Crippen LogP contribution in [0.2, 0.25) is 0 Å². The van der Waals surface area contributed by atoms with Crippen LogP contribution in [0.25, 0.3) is 0 Å². The van der Waals surface area contributed by atoms with Gasteiger partial charge in [-0.3, -0.25) is 4.79 Å². The van der Waals surface area contributed by atoms with Gasteiger partial charge in [0.1, 0.15) is 11.9 Å². The Balaban J connectivity index is 2.65. The van der Waals surface area contributed by atoms with Crippen LogP contribution in [0.3, 0.4) is 0 Å². The molecule has 1 rings (SSSR count). The molecule has 0 aromatic heterocycles. The Bertz CT molecular complexity index is 445. The third-order valence-electron chi connectivity index (χ3n) is 2.99. The maximum Gasteiger partial charge on any atom is 0.328 e. The van der Waals surface area contributed by atoms with Gasteiger partial charge in [-0.2, -0.15) is 0 Å². The highest BCUT2D eigenvalue weighted by atomic mass is 19.1. The number of halogens is 1. The number of esters is 1. The summed E-state index contributed by atoms with van der Waals surface area (Å²) >= 11 is 0. The molecular weight excluding hydrogens is 261 g/mol. The zero-order chi connectivity index (χ0) is 15.0. The Morgan fingerprint density at radius 3 is 2.45 bits per heavy atom. The Hall–Kier alpha value is -1.91. The van der Waals surface area contributed by atoms with Gasteiger partial charge in [0.25, 0.3) is 5.91 Å². The van der Waals surface area contributed by atoms with Crippen LogP contribution in [0.1, 0.15) is 43.0 Å². The van der Waals surface area contributed by atoms with Crippen molar-refractivity contribution in [3.8, 4) is 0 Å². The second-order valence-electron chi connectivity index (χ2n) is 4.55. The molecule has 0 aliphatic rings.